The van der Waals surface area contributed by atoms with Crippen LogP contribution < -0.4 is 5.32 Å². The van der Waals surface area contributed by atoms with Crippen molar-refractivity contribution in [2.45, 2.75) is 6.92 Å². The molecule has 0 fully saturated rings. The molecule has 82 valence electrons. The minimum atomic E-state index is -0.150. The lowest BCUT2D eigenvalue weighted by Crippen LogP contribution is -2.06. The molecule has 0 spiro atoms. The Morgan fingerprint density at radius 2 is 2.44 bits per heavy atom. The first-order valence-corrected chi connectivity index (χ1v) is 6.38. The van der Waals surface area contributed by atoms with Gasteiger partial charge >= 0.3 is 0 Å². The molecule has 0 unspecified atom stereocenters. The Labute approximate surface area is 101 Å². The molecule has 0 saturated carbocycles. The van der Waals surface area contributed by atoms with E-state index in [9.17, 15) is 4.79 Å². The van der Waals surface area contributed by atoms with Crippen molar-refractivity contribution in [2.24, 2.45) is 0 Å². The monoisotopic (exact) mass is 250 g/mol. The van der Waals surface area contributed by atoms with Crippen LogP contribution in [0.2, 0.25) is 0 Å². The van der Waals surface area contributed by atoms with Gasteiger partial charge in [-0.1, -0.05) is 6.07 Å². The number of aromatic nitrogens is 1. The van der Waals surface area contributed by atoms with E-state index in [1.165, 1.54) is 17.4 Å². The molecule has 0 aliphatic rings. The smallest absolute Gasteiger partial charge is 0.250 e. The van der Waals surface area contributed by atoms with Crippen LogP contribution in [0.15, 0.2) is 29.8 Å². The van der Waals surface area contributed by atoms with E-state index in [1.54, 1.807) is 23.6 Å². The van der Waals surface area contributed by atoms with E-state index in [0.29, 0.717) is 5.13 Å². The van der Waals surface area contributed by atoms with Crippen molar-refractivity contribution in [1.29, 1.82) is 0 Å². The average Bonchev–Trinajstić information content (AvgIpc) is 2.87. The van der Waals surface area contributed by atoms with Gasteiger partial charge in [-0.15, -0.1) is 22.7 Å². The molecule has 2 rings (SSSR count). The maximum absolute atomic E-state index is 11.5. The van der Waals surface area contributed by atoms with Crippen molar-refractivity contribution < 1.29 is 4.79 Å². The molecule has 0 aliphatic heterocycles. The van der Waals surface area contributed by atoms with E-state index in [-0.39, 0.29) is 5.91 Å². The topological polar surface area (TPSA) is 42.0 Å². The molecule has 0 bridgehead atoms. The molecule has 0 aliphatic carbocycles. The quantitative estimate of drug-likeness (QED) is 0.850. The Balaban J connectivity index is 1.94. The van der Waals surface area contributed by atoms with Gasteiger partial charge in [-0.25, -0.2) is 4.98 Å². The second-order valence-electron chi connectivity index (χ2n) is 3.11. The number of thiazole rings is 1. The lowest BCUT2D eigenvalue weighted by Gasteiger charge is -1.94. The Morgan fingerprint density at radius 1 is 1.56 bits per heavy atom. The standard InChI is InChI=1S/C11H10N2OS2/c1-8-7-12-11(16-8)13-10(14)5-4-9-3-2-6-15-9/h2-7H,1H3,(H,12,13,14)/b5-4+. The zero-order chi connectivity index (χ0) is 11.4. The Bertz CT molecular complexity index is 500. The maximum atomic E-state index is 11.5. The summed E-state index contributed by atoms with van der Waals surface area (Å²) in [4.78, 5) is 17.7. The zero-order valence-corrected chi connectivity index (χ0v) is 10.3. The lowest BCUT2D eigenvalue weighted by atomic mass is 10.4. The van der Waals surface area contributed by atoms with E-state index < -0.39 is 0 Å². The van der Waals surface area contributed by atoms with Crippen LogP contribution in [0.1, 0.15) is 9.75 Å². The molecule has 1 N–H and O–H groups in total. The highest BCUT2D eigenvalue weighted by Gasteiger charge is 2.01. The maximum Gasteiger partial charge on any atom is 0.250 e. The first kappa shape index (κ1) is 11.0. The van der Waals surface area contributed by atoms with E-state index in [2.05, 4.69) is 10.3 Å². The first-order valence-electron chi connectivity index (χ1n) is 4.69. The minimum Gasteiger partial charge on any atom is -0.298 e. The molecular formula is C11H10N2OS2. The van der Waals surface area contributed by atoms with Crippen LogP contribution in [-0.4, -0.2) is 10.9 Å². The summed E-state index contributed by atoms with van der Waals surface area (Å²) in [5.74, 6) is -0.150. The fourth-order valence-corrected chi connectivity index (χ4v) is 2.39. The van der Waals surface area contributed by atoms with Crippen molar-refractivity contribution in [3.05, 3.63) is 39.5 Å². The number of thiophene rings is 1. The van der Waals surface area contributed by atoms with Crippen molar-refractivity contribution in [3.63, 3.8) is 0 Å². The van der Waals surface area contributed by atoms with Crippen molar-refractivity contribution in [3.8, 4) is 0 Å². The second-order valence-corrected chi connectivity index (χ2v) is 5.33. The highest BCUT2D eigenvalue weighted by Crippen LogP contribution is 2.16. The summed E-state index contributed by atoms with van der Waals surface area (Å²) in [7, 11) is 0. The lowest BCUT2D eigenvalue weighted by molar-refractivity contribution is -0.111. The van der Waals surface area contributed by atoms with Crippen LogP contribution in [0, 0.1) is 6.92 Å². The van der Waals surface area contributed by atoms with Gasteiger partial charge in [0, 0.05) is 22.0 Å². The molecule has 2 aromatic heterocycles. The molecule has 5 heteroatoms. The Morgan fingerprint density at radius 3 is 3.06 bits per heavy atom. The van der Waals surface area contributed by atoms with Gasteiger partial charge in [-0.05, 0) is 24.4 Å². The Kier molecular flexibility index (Phi) is 3.48. The molecule has 0 atom stereocenters. The number of nitrogens with zero attached hydrogens (tertiary/aromatic N) is 1. The summed E-state index contributed by atoms with van der Waals surface area (Å²) in [6.07, 6.45) is 5.05. The van der Waals surface area contributed by atoms with Crippen molar-refractivity contribution >= 4 is 39.8 Å². The molecule has 1 amide bonds. The fraction of sp³-hybridized carbons (Fsp3) is 0.0909. The predicted octanol–water partition coefficient (Wildman–Crippen LogP) is 3.16. The van der Waals surface area contributed by atoms with Crippen LogP contribution in [0.5, 0.6) is 0 Å². The third kappa shape index (κ3) is 3.01. The summed E-state index contributed by atoms with van der Waals surface area (Å²) in [6.45, 7) is 1.95. The highest BCUT2D eigenvalue weighted by atomic mass is 32.1. The molecule has 2 aromatic rings. The molecule has 0 radical (unpaired) electrons. The second kappa shape index (κ2) is 5.05. The predicted molar refractivity (Wildman–Crippen MR) is 68.8 cm³/mol. The number of anilines is 1. The molecule has 0 aromatic carbocycles. The SMILES string of the molecule is Cc1cnc(NC(=O)/C=C/c2cccs2)s1. The Hall–Kier alpha value is -1.46. The van der Waals surface area contributed by atoms with Crippen LogP contribution in [0.25, 0.3) is 6.08 Å². The summed E-state index contributed by atoms with van der Waals surface area (Å²) in [5, 5.41) is 5.32. The molecule has 16 heavy (non-hydrogen) atoms. The minimum absolute atomic E-state index is 0.150. The van der Waals surface area contributed by atoms with Crippen LogP contribution in [0.3, 0.4) is 0 Å². The summed E-state index contributed by atoms with van der Waals surface area (Å²) < 4.78 is 0. The first-order chi connectivity index (χ1) is 7.74. The zero-order valence-electron chi connectivity index (χ0n) is 8.64. The average molecular weight is 250 g/mol. The van der Waals surface area contributed by atoms with Gasteiger partial charge in [0.25, 0.3) is 0 Å². The number of carbonyl (C=O) groups is 1. The third-order valence-electron chi connectivity index (χ3n) is 1.79. The van der Waals surface area contributed by atoms with Gasteiger partial charge in [0.15, 0.2) is 5.13 Å². The van der Waals surface area contributed by atoms with Crippen molar-refractivity contribution in [2.75, 3.05) is 5.32 Å². The van der Waals surface area contributed by atoms with Gasteiger partial charge < -0.3 is 0 Å². The summed E-state index contributed by atoms with van der Waals surface area (Å²) >= 11 is 3.06. The number of aryl methyl sites for hydroxylation is 1. The number of hydrogen-bond acceptors (Lipinski definition) is 4. The molecule has 0 saturated heterocycles. The fourth-order valence-electron chi connectivity index (χ4n) is 1.10. The molecule has 3 nitrogen and oxygen atoms in total. The molecular weight excluding hydrogens is 240 g/mol. The number of rotatable bonds is 3. The summed E-state index contributed by atoms with van der Waals surface area (Å²) in [6, 6.07) is 3.91. The van der Waals surface area contributed by atoms with Gasteiger partial charge in [-0.2, -0.15) is 0 Å². The number of amides is 1. The van der Waals surface area contributed by atoms with Crippen LogP contribution in [-0.2, 0) is 4.79 Å². The van der Waals surface area contributed by atoms with Gasteiger partial charge in [0.1, 0.15) is 0 Å². The van der Waals surface area contributed by atoms with E-state index in [0.717, 1.165) is 9.75 Å². The van der Waals surface area contributed by atoms with Gasteiger partial charge in [0.05, 0.1) is 0 Å². The van der Waals surface area contributed by atoms with Gasteiger partial charge in [-0.3, -0.25) is 10.1 Å². The van der Waals surface area contributed by atoms with Crippen LogP contribution >= 0.6 is 22.7 Å². The largest absolute Gasteiger partial charge is 0.298 e. The third-order valence-corrected chi connectivity index (χ3v) is 3.46. The normalized spacial score (nSPS) is 10.8. The van der Waals surface area contributed by atoms with Crippen LogP contribution in [0.4, 0.5) is 5.13 Å². The van der Waals surface area contributed by atoms with Crippen molar-refractivity contribution in [1.82, 2.24) is 4.98 Å². The number of carbonyl (C=O) groups excluding carboxylic acids is 1. The van der Waals surface area contributed by atoms with E-state index >= 15 is 0 Å². The van der Waals surface area contributed by atoms with Gasteiger partial charge in [0.2, 0.25) is 5.91 Å². The summed E-state index contributed by atoms with van der Waals surface area (Å²) in [5.41, 5.74) is 0. The van der Waals surface area contributed by atoms with E-state index in [1.807, 2.05) is 24.4 Å². The number of hydrogen-bond donors (Lipinski definition) is 1. The highest BCUT2D eigenvalue weighted by molar-refractivity contribution is 7.15. The molecule has 2 heterocycles. The number of nitrogens with one attached hydrogen (secondary N) is 1. The van der Waals surface area contributed by atoms with E-state index in [4.69, 9.17) is 0 Å².